The summed E-state index contributed by atoms with van der Waals surface area (Å²) in [5, 5.41) is 3.29. The summed E-state index contributed by atoms with van der Waals surface area (Å²) in [5.74, 6) is 0.435. The van der Waals surface area contributed by atoms with Gasteiger partial charge < -0.3 is 14.6 Å². The van der Waals surface area contributed by atoms with Crippen molar-refractivity contribution in [2.45, 2.75) is 57.8 Å². The summed E-state index contributed by atoms with van der Waals surface area (Å²) in [6, 6.07) is 3.17. The Morgan fingerprint density at radius 3 is 2.54 bits per heavy atom. The van der Waals surface area contributed by atoms with E-state index in [4.69, 9.17) is 9.31 Å². The van der Waals surface area contributed by atoms with E-state index in [1.165, 1.54) is 6.07 Å². The topological polar surface area (TPSA) is 56.3 Å². The molecular formula is C19H23BFN3O2. The lowest BCUT2D eigenvalue weighted by molar-refractivity contribution is 0.00578. The lowest BCUT2D eigenvalue weighted by atomic mass is 9.75. The monoisotopic (exact) mass is 355 g/mol. The molecule has 0 radical (unpaired) electrons. The lowest BCUT2D eigenvalue weighted by Gasteiger charge is -2.32. The molecule has 1 fully saturated rings. The molecule has 0 spiro atoms. The molecule has 1 aromatic carbocycles. The lowest BCUT2D eigenvalue weighted by Crippen LogP contribution is -2.41. The van der Waals surface area contributed by atoms with Gasteiger partial charge in [-0.25, -0.2) is 9.37 Å². The highest BCUT2D eigenvalue weighted by atomic mass is 19.1. The minimum Gasteiger partial charge on any atom is -0.399 e. The van der Waals surface area contributed by atoms with Gasteiger partial charge in [0.2, 0.25) is 0 Å². The summed E-state index contributed by atoms with van der Waals surface area (Å²) in [5.41, 5.74) is 1.74. The van der Waals surface area contributed by atoms with E-state index in [2.05, 4.69) is 15.3 Å². The van der Waals surface area contributed by atoms with Crippen molar-refractivity contribution in [2.24, 2.45) is 0 Å². The van der Waals surface area contributed by atoms with Crippen LogP contribution in [0, 0.1) is 5.82 Å². The average molecular weight is 355 g/mol. The summed E-state index contributed by atoms with van der Waals surface area (Å²) < 4.78 is 27.0. The fraction of sp³-hybridized carbons (Fsp3) is 0.474. The molecule has 0 amide bonds. The largest absolute Gasteiger partial charge is 0.495 e. The number of benzene rings is 1. The second kappa shape index (κ2) is 6.03. The molecule has 0 unspecified atom stereocenters. The van der Waals surface area contributed by atoms with Gasteiger partial charge >= 0.3 is 7.12 Å². The predicted molar refractivity (Wildman–Crippen MR) is 98.8 cm³/mol. The van der Waals surface area contributed by atoms with Crippen LogP contribution in [-0.2, 0) is 15.7 Å². The molecule has 1 aliphatic heterocycles. The zero-order valence-electron chi connectivity index (χ0n) is 15.5. The van der Waals surface area contributed by atoms with Crippen LogP contribution in [0.4, 0.5) is 10.2 Å². The van der Waals surface area contributed by atoms with Crippen LogP contribution in [0.5, 0.6) is 0 Å². The van der Waals surface area contributed by atoms with Crippen LogP contribution in [0.15, 0.2) is 30.7 Å². The van der Waals surface area contributed by atoms with Crippen molar-refractivity contribution in [3.05, 3.63) is 47.7 Å². The molecule has 2 heterocycles. The van der Waals surface area contributed by atoms with Crippen molar-refractivity contribution < 1.29 is 13.7 Å². The van der Waals surface area contributed by atoms with Crippen LogP contribution >= 0.6 is 0 Å². The molecule has 136 valence electrons. The first-order valence-electron chi connectivity index (χ1n) is 8.98. The van der Waals surface area contributed by atoms with Gasteiger partial charge in [-0.3, -0.25) is 4.98 Å². The Bertz CT molecular complexity index is 813. The number of hydrogen-bond donors (Lipinski definition) is 1. The van der Waals surface area contributed by atoms with Gasteiger partial charge in [-0.05, 0) is 57.6 Å². The zero-order valence-corrected chi connectivity index (χ0v) is 15.5. The first kappa shape index (κ1) is 17.4. The van der Waals surface area contributed by atoms with Crippen molar-refractivity contribution in [3.8, 4) is 0 Å². The Labute approximate surface area is 153 Å². The fourth-order valence-electron chi connectivity index (χ4n) is 3.63. The van der Waals surface area contributed by atoms with Crippen LogP contribution in [0.2, 0.25) is 0 Å². The normalized spacial score (nSPS) is 23.1. The third-order valence-electron chi connectivity index (χ3n) is 5.76. The highest BCUT2D eigenvalue weighted by Crippen LogP contribution is 2.39. The molecule has 1 N–H and O–H groups in total. The van der Waals surface area contributed by atoms with Crippen LogP contribution in [0.3, 0.4) is 0 Å². The predicted octanol–water partition coefficient (Wildman–Crippen LogP) is 3.01. The smallest absolute Gasteiger partial charge is 0.399 e. The summed E-state index contributed by atoms with van der Waals surface area (Å²) in [7, 11) is -0.482. The Morgan fingerprint density at radius 1 is 1.15 bits per heavy atom. The second-order valence-electron chi connectivity index (χ2n) is 7.94. The van der Waals surface area contributed by atoms with Gasteiger partial charge in [-0.2, -0.15) is 0 Å². The van der Waals surface area contributed by atoms with Gasteiger partial charge in [0, 0.05) is 18.0 Å². The number of hydrogen-bond acceptors (Lipinski definition) is 5. The highest BCUT2D eigenvalue weighted by molar-refractivity contribution is 6.62. The van der Waals surface area contributed by atoms with Crippen molar-refractivity contribution in [2.75, 3.05) is 5.32 Å². The minimum atomic E-state index is -0.482. The number of rotatable bonds is 3. The molecule has 2 aliphatic rings. The van der Waals surface area contributed by atoms with E-state index in [0.717, 1.165) is 23.9 Å². The van der Waals surface area contributed by atoms with Crippen molar-refractivity contribution >= 4 is 18.4 Å². The maximum atomic E-state index is 14.7. The van der Waals surface area contributed by atoms with E-state index >= 15 is 0 Å². The van der Waals surface area contributed by atoms with E-state index in [-0.39, 0.29) is 11.9 Å². The van der Waals surface area contributed by atoms with E-state index < -0.39 is 18.3 Å². The van der Waals surface area contributed by atoms with Gasteiger partial charge in [-0.1, -0.05) is 6.07 Å². The van der Waals surface area contributed by atoms with Crippen LogP contribution in [0.1, 0.15) is 51.3 Å². The maximum Gasteiger partial charge on any atom is 0.495 e. The molecule has 2 aromatic rings. The molecule has 1 atom stereocenters. The van der Waals surface area contributed by atoms with Gasteiger partial charge in [0.25, 0.3) is 0 Å². The maximum absolute atomic E-state index is 14.7. The van der Waals surface area contributed by atoms with Crippen LogP contribution < -0.4 is 10.8 Å². The van der Waals surface area contributed by atoms with E-state index in [1.54, 1.807) is 24.7 Å². The Hall–Kier alpha value is -1.99. The molecule has 26 heavy (non-hydrogen) atoms. The van der Waals surface area contributed by atoms with Crippen molar-refractivity contribution in [1.82, 2.24) is 9.97 Å². The molecule has 7 heteroatoms. The quantitative estimate of drug-likeness (QED) is 0.858. The van der Waals surface area contributed by atoms with E-state index in [0.29, 0.717) is 11.4 Å². The highest BCUT2D eigenvalue weighted by Gasteiger charge is 2.52. The number of aromatic nitrogens is 2. The van der Waals surface area contributed by atoms with Gasteiger partial charge in [0.1, 0.15) is 11.6 Å². The Balaban J connectivity index is 1.67. The molecule has 0 bridgehead atoms. The third kappa shape index (κ3) is 2.79. The molecule has 1 aromatic heterocycles. The standard InChI is InChI=1S/C19H23BFN3O2/c1-18(2)19(3,4)26-20(25-18)13-6-7-14(21)17-12(13)5-8-15(17)24-16-11-22-9-10-23-16/h6-7,9-11,15H,5,8H2,1-4H3,(H,23,24)/t15-/m1/s1. The third-order valence-corrected chi connectivity index (χ3v) is 5.76. The number of halogens is 1. The summed E-state index contributed by atoms with van der Waals surface area (Å²) in [4.78, 5) is 8.30. The van der Waals surface area contributed by atoms with Gasteiger partial charge in [0.05, 0.1) is 23.4 Å². The van der Waals surface area contributed by atoms with Crippen LogP contribution in [0.25, 0.3) is 0 Å². The molecule has 1 saturated heterocycles. The van der Waals surface area contributed by atoms with E-state index in [9.17, 15) is 4.39 Å². The first-order valence-corrected chi connectivity index (χ1v) is 8.98. The Kier molecular flexibility index (Phi) is 4.04. The Morgan fingerprint density at radius 2 is 1.88 bits per heavy atom. The zero-order chi connectivity index (χ0) is 18.5. The number of nitrogens with one attached hydrogen (secondary N) is 1. The minimum absolute atomic E-state index is 0.135. The van der Waals surface area contributed by atoms with Gasteiger partial charge in [0.15, 0.2) is 0 Å². The van der Waals surface area contributed by atoms with Gasteiger partial charge in [-0.15, -0.1) is 0 Å². The summed E-state index contributed by atoms with van der Waals surface area (Å²) in [6.45, 7) is 8.09. The number of fused-ring (bicyclic) bond motifs is 1. The summed E-state index contributed by atoms with van der Waals surface area (Å²) in [6.07, 6.45) is 6.44. The molecule has 4 rings (SSSR count). The van der Waals surface area contributed by atoms with Crippen molar-refractivity contribution in [1.29, 1.82) is 0 Å². The van der Waals surface area contributed by atoms with E-state index in [1.807, 2.05) is 27.7 Å². The van der Waals surface area contributed by atoms with Crippen LogP contribution in [-0.4, -0.2) is 28.3 Å². The SMILES string of the molecule is CC1(C)OB(c2ccc(F)c3c2CC[C@H]3Nc2cnccn2)OC1(C)C. The van der Waals surface area contributed by atoms with Crippen molar-refractivity contribution in [3.63, 3.8) is 0 Å². The molecule has 5 nitrogen and oxygen atoms in total. The number of anilines is 1. The fourth-order valence-corrected chi connectivity index (χ4v) is 3.63. The second-order valence-corrected chi connectivity index (χ2v) is 7.94. The molecule has 0 saturated carbocycles. The molecular weight excluding hydrogens is 332 g/mol. The average Bonchev–Trinajstić information content (AvgIpc) is 3.08. The number of nitrogens with zero attached hydrogens (tertiary/aromatic N) is 2. The summed E-state index contributed by atoms with van der Waals surface area (Å²) >= 11 is 0. The first-order chi connectivity index (χ1) is 12.3. The molecule has 1 aliphatic carbocycles.